The Hall–Kier alpha value is -5.91. The maximum Gasteiger partial charge on any atom is 0.309 e. The lowest BCUT2D eigenvalue weighted by Gasteiger charge is -2.31. The van der Waals surface area contributed by atoms with Gasteiger partial charge in [0.2, 0.25) is 5.91 Å². The summed E-state index contributed by atoms with van der Waals surface area (Å²) in [7, 11) is -2.07. The molecule has 14 rings (SSSR count). The number of nitrogens with one attached hydrogen (secondary N) is 2. The Labute approximate surface area is 527 Å². The van der Waals surface area contributed by atoms with E-state index in [0.717, 1.165) is 164 Å². The second-order valence-corrected chi connectivity index (χ2v) is 27.7. The Kier molecular flexibility index (Phi) is 25.3. The number of methoxy groups -OCH3 is 1. The van der Waals surface area contributed by atoms with E-state index in [1.54, 1.807) is 52.7 Å². The zero-order chi connectivity index (χ0) is 60.0. The molecule has 3 saturated heterocycles. The lowest BCUT2D eigenvalue weighted by molar-refractivity contribution is -0.142. The summed E-state index contributed by atoms with van der Waals surface area (Å²) < 4.78 is 54.0. The summed E-state index contributed by atoms with van der Waals surface area (Å²) in [6, 6.07) is 5.98. The minimum Gasteiger partial charge on any atom is -0.481 e. The van der Waals surface area contributed by atoms with E-state index in [-0.39, 0.29) is 57.0 Å². The average Bonchev–Trinajstić information content (AvgIpc) is 4.15. The molecule has 6 fully saturated rings. The van der Waals surface area contributed by atoms with Crippen molar-refractivity contribution in [2.45, 2.75) is 116 Å². The van der Waals surface area contributed by atoms with Gasteiger partial charge in [0.05, 0.1) is 58.6 Å². The molecule has 482 valence electrons. The van der Waals surface area contributed by atoms with Crippen molar-refractivity contribution in [3.63, 3.8) is 0 Å². The van der Waals surface area contributed by atoms with Crippen LogP contribution in [0.5, 0.6) is 0 Å². The predicted octanol–water partition coefficient (Wildman–Crippen LogP) is 9.53. The lowest BCUT2D eigenvalue weighted by Crippen LogP contribution is -2.35. The van der Waals surface area contributed by atoms with Crippen LogP contribution < -0.4 is 16.4 Å². The van der Waals surface area contributed by atoms with E-state index in [1.165, 1.54) is 39.7 Å². The molecule has 27 heteroatoms. The molecule has 88 heavy (non-hydrogen) atoms. The van der Waals surface area contributed by atoms with Crippen molar-refractivity contribution in [3.05, 3.63) is 88.9 Å². The van der Waals surface area contributed by atoms with Crippen LogP contribution in [0.3, 0.4) is 0 Å². The quantitative estimate of drug-likeness (QED) is 0.0314. The number of rotatable bonds is 20. The van der Waals surface area contributed by atoms with Gasteiger partial charge in [0.1, 0.15) is 17.1 Å². The molecule has 1 amide bonds. The first-order chi connectivity index (χ1) is 41.8. The van der Waals surface area contributed by atoms with E-state index >= 15 is 0 Å². The van der Waals surface area contributed by atoms with Crippen molar-refractivity contribution in [2.75, 3.05) is 85.4 Å². The van der Waals surface area contributed by atoms with Crippen LogP contribution in [-0.2, 0) is 46.5 Å². The Morgan fingerprint density at radius 1 is 0.682 bits per heavy atom. The highest BCUT2D eigenvalue weighted by Crippen LogP contribution is 2.43. The van der Waals surface area contributed by atoms with Crippen LogP contribution in [0.25, 0.3) is 30.8 Å². The fraction of sp³-hybridized carbons (Fsp3) is 0.607. The lowest BCUT2D eigenvalue weighted by atomic mass is 9.93. The number of thiophene rings is 3. The highest BCUT2D eigenvalue weighted by atomic mass is 32.2. The molecule has 3 saturated carbocycles. The Balaban J connectivity index is 0.000000150. The van der Waals surface area contributed by atoms with Gasteiger partial charge in [0, 0.05) is 81.2 Å². The molecule has 3 aliphatic carbocycles. The molecular formula is C61H88N12O11S4. The summed E-state index contributed by atoms with van der Waals surface area (Å²) in [5.41, 5.74) is 11.5. The number of amides is 1. The molecule has 0 bridgehead atoms. The van der Waals surface area contributed by atoms with Crippen molar-refractivity contribution in [1.82, 2.24) is 55.0 Å². The maximum absolute atomic E-state index is 12.4. The summed E-state index contributed by atoms with van der Waals surface area (Å²) >= 11 is 5.17. The molecule has 23 nitrogen and oxygen atoms in total. The molecule has 0 spiro atoms. The Morgan fingerprint density at radius 3 is 1.57 bits per heavy atom. The number of imidazole rings is 2. The number of nitrogens with zero attached hydrogens (tertiary/aromatic N) is 9. The minimum absolute atomic E-state index is 0. The van der Waals surface area contributed by atoms with Crippen molar-refractivity contribution in [1.29, 1.82) is 0 Å². The molecular weight excluding hydrogens is 1210 g/mol. The van der Waals surface area contributed by atoms with Crippen LogP contribution in [-0.4, -0.2) is 161 Å². The van der Waals surface area contributed by atoms with Gasteiger partial charge in [0.15, 0.2) is 16.7 Å². The number of carbonyl (C=O) groups excluding carboxylic acids is 2. The Morgan fingerprint density at radius 2 is 1.14 bits per heavy atom. The number of aliphatic carboxylic acids is 1. The van der Waals surface area contributed by atoms with Gasteiger partial charge in [-0.05, 0) is 169 Å². The number of hydrogen-bond acceptors (Lipinski definition) is 22. The van der Waals surface area contributed by atoms with Gasteiger partial charge in [-0.2, -0.15) is 8.42 Å². The number of likely N-dealkylation sites (tertiary alicyclic amines) is 2. The highest BCUT2D eigenvalue weighted by Gasteiger charge is 2.46. The summed E-state index contributed by atoms with van der Waals surface area (Å²) in [6.45, 7) is 11.9. The first-order valence-electron chi connectivity index (χ1n) is 30.0. The molecule has 6 atom stereocenters. The molecule has 3 aliphatic heterocycles. The molecule has 1 unspecified atom stereocenters. The van der Waals surface area contributed by atoms with Crippen molar-refractivity contribution in [2.24, 2.45) is 41.2 Å². The smallest absolute Gasteiger partial charge is 0.309 e. The van der Waals surface area contributed by atoms with Crippen LogP contribution in [0.15, 0.2) is 85.4 Å². The fourth-order valence-electron chi connectivity index (χ4n) is 11.7. The molecule has 5 N–H and O–H groups in total. The van der Waals surface area contributed by atoms with E-state index in [1.807, 2.05) is 51.4 Å². The van der Waals surface area contributed by atoms with Crippen LogP contribution in [0.4, 0.5) is 0 Å². The van der Waals surface area contributed by atoms with E-state index in [9.17, 15) is 22.8 Å². The van der Waals surface area contributed by atoms with Crippen molar-refractivity contribution in [3.8, 4) is 0 Å². The van der Waals surface area contributed by atoms with Gasteiger partial charge in [-0.25, -0.2) is 9.97 Å². The van der Waals surface area contributed by atoms with Gasteiger partial charge in [-0.1, -0.05) is 30.3 Å². The third kappa shape index (κ3) is 19.1. The molecule has 0 aromatic carbocycles. The number of carbonyl (C=O) groups is 3. The van der Waals surface area contributed by atoms with Crippen molar-refractivity contribution >= 4 is 92.8 Å². The number of hydrogen-bond donors (Lipinski definition) is 4. The van der Waals surface area contributed by atoms with Gasteiger partial charge in [-0.3, -0.25) is 18.6 Å². The second-order valence-electron chi connectivity index (χ2n) is 23.3. The van der Waals surface area contributed by atoms with E-state index < -0.39 is 16.1 Å². The number of esters is 1. The number of ether oxygens (including phenoxy) is 1. The SMILES string of the molecule is C.C.COC(=O)C1C[C@H]1COS(C)(=O)=O.NCCCn1ccnc1.O=C(NCCCn1ccnc1)[C@@H]1C[C@H]1CN1CCC(c2noc3ccsc23)CC1.O=C(O)[C@@H]1C[C@H]1CN1CCC(c2noc3ccsc23)CC1.c1cc2onc(C3CCNCC3)c2s1. The van der Waals surface area contributed by atoms with E-state index in [0.29, 0.717) is 36.0 Å². The average molecular weight is 1290 g/mol. The van der Waals surface area contributed by atoms with Crippen LogP contribution >= 0.6 is 34.0 Å². The third-order valence-corrected chi connectivity index (χ3v) is 20.3. The highest BCUT2D eigenvalue weighted by molar-refractivity contribution is 7.86. The van der Waals surface area contributed by atoms with Crippen LogP contribution in [0.1, 0.15) is 120 Å². The fourth-order valence-corrected chi connectivity index (χ4v) is 14.8. The summed E-state index contributed by atoms with van der Waals surface area (Å²) in [5, 5.41) is 34.4. The molecule has 8 aromatic heterocycles. The van der Waals surface area contributed by atoms with Crippen LogP contribution in [0, 0.1) is 35.5 Å². The van der Waals surface area contributed by atoms with Gasteiger partial charge < -0.3 is 58.7 Å². The number of aryl methyl sites for hydroxylation is 2. The first kappa shape index (κ1) is 68.0. The normalized spacial score (nSPS) is 22.1. The molecule has 11 heterocycles. The van der Waals surface area contributed by atoms with Gasteiger partial charge >= 0.3 is 11.9 Å². The largest absolute Gasteiger partial charge is 0.481 e. The number of fused-ring (bicyclic) bond motifs is 3. The molecule has 6 aliphatic rings. The van der Waals surface area contributed by atoms with E-state index in [2.05, 4.69) is 65.6 Å². The summed E-state index contributed by atoms with van der Waals surface area (Å²) in [4.78, 5) is 47.0. The number of carboxylic acid groups (broad SMARTS) is 1. The first-order valence-corrected chi connectivity index (χ1v) is 34.5. The minimum atomic E-state index is -3.39. The zero-order valence-electron chi connectivity index (χ0n) is 48.9. The zero-order valence-corrected chi connectivity index (χ0v) is 52.1. The summed E-state index contributed by atoms with van der Waals surface area (Å²) in [6.07, 6.45) is 23.3. The Bertz CT molecular complexity index is 3460. The van der Waals surface area contributed by atoms with Gasteiger partial charge in [0.25, 0.3) is 10.1 Å². The number of nitrogens with two attached hydrogens (primary N) is 1. The molecule has 0 radical (unpaired) electrons. The predicted molar refractivity (Wildman–Crippen MR) is 342 cm³/mol. The van der Waals surface area contributed by atoms with Crippen molar-refractivity contribution < 1.29 is 50.4 Å². The topological polar surface area (TPSA) is 294 Å². The third-order valence-electron chi connectivity index (χ3n) is 17.0. The number of aromatic nitrogens is 7. The number of piperidine rings is 3. The summed E-state index contributed by atoms with van der Waals surface area (Å²) in [5.74, 6) is 1.73. The number of carboxylic acids is 1. The second kappa shape index (κ2) is 32.7. The molecule has 8 aromatic rings. The monoisotopic (exact) mass is 1290 g/mol. The standard InChI is InChI=1S/C21H27N5O2S.C15H18N2O3S.C10H12N2OS.C7H12O5S.C6H11N3.2CH4/c27-21(23-5-1-7-26-10-6-22-14-26)17-12-16(17)13-25-8-2-15(3-9-25)19-20-18(28-24-19)4-11-29-20;18-15(19)11-7-10(11)8-17-4-1-9(2-5-17)13-14-12(20-16-13)3-6-21-14;1-4-11-5-2-7(1)9-10-8(13-12-9)3-6-14-10;1-11-7(8)6-3-5(6)4-12-13(2,9)10;7-2-1-4-9-5-3-8-6-9;;/h4,6,10-11,14-17H,1-3,5,7-9,12-13H2,(H,23,27);3,6,9-11H,1-2,4-5,7-8H2,(H,18,19);3,6-7,11H,1-2,4-5H2;5-6H,3-4H2,1-2H3;3,5-6H,1-2,4,7H2;2*1H4/t16-,17+;10-,11+;;5-,6?;;;/m00.0.../s1. The van der Waals surface area contributed by atoms with Crippen LogP contribution in [0.2, 0.25) is 0 Å². The van der Waals surface area contributed by atoms with E-state index in [4.69, 9.17) is 24.4 Å². The van der Waals surface area contributed by atoms with Gasteiger partial charge in [-0.15, -0.1) is 34.0 Å². The maximum atomic E-state index is 12.4.